The van der Waals surface area contributed by atoms with Crippen molar-refractivity contribution in [3.63, 3.8) is 0 Å². The monoisotopic (exact) mass is 365 g/mol. The quantitative estimate of drug-likeness (QED) is 0.847. The second-order valence-corrected chi connectivity index (χ2v) is 7.17. The molecule has 0 aliphatic rings. The fourth-order valence-corrected chi connectivity index (χ4v) is 3.61. The molecule has 0 saturated carbocycles. The number of nitrogen functional groups attached to an aromatic ring is 1. The predicted octanol–water partition coefficient (Wildman–Crippen LogP) is 2.73. The van der Waals surface area contributed by atoms with E-state index in [0.717, 1.165) is 4.31 Å². The molecule has 21 heavy (non-hydrogen) atoms. The van der Waals surface area contributed by atoms with Crippen LogP contribution in [-0.4, -0.2) is 15.5 Å². The van der Waals surface area contributed by atoms with E-state index in [1.165, 1.54) is 19.2 Å². The Hall–Kier alpha value is -2.04. The van der Waals surface area contributed by atoms with Crippen LogP contribution >= 0.6 is 15.9 Å². The molecule has 108 valence electrons. The summed E-state index contributed by atoms with van der Waals surface area (Å²) in [6.45, 7) is 0. The maximum absolute atomic E-state index is 12.6. The maximum Gasteiger partial charge on any atom is 0.266 e. The molecule has 0 aliphatic carbocycles. The Balaban J connectivity index is 2.47. The van der Waals surface area contributed by atoms with Gasteiger partial charge in [0.2, 0.25) is 0 Å². The number of hydrogen-bond donors (Lipinski definition) is 1. The van der Waals surface area contributed by atoms with Crippen molar-refractivity contribution in [1.29, 1.82) is 5.26 Å². The lowest BCUT2D eigenvalue weighted by Crippen LogP contribution is -2.27. The van der Waals surface area contributed by atoms with Crippen molar-refractivity contribution in [2.75, 3.05) is 17.1 Å². The van der Waals surface area contributed by atoms with Crippen LogP contribution < -0.4 is 10.0 Å². The average Bonchev–Trinajstić information content (AvgIpc) is 2.49. The summed E-state index contributed by atoms with van der Waals surface area (Å²) >= 11 is 3.24. The Kier molecular flexibility index (Phi) is 4.21. The summed E-state index contributed by atoms with van der Waals surface area (Å²) in [6.07, 6.45) is 0. The van der Waals surface area contributed by atoms with Gasteiger partial charge in [-0.2, -0.15) is 5.26 Å². The summed E-state index contributed by atoms with van der Waals surface area (Å²) in [4.78, 5) is 0.0312. The third-order valence-corrected chi connectivity index (χ3v) is 5.31. The molecule has 0 bridgehead atoms. The van der Waals surface area contributed by atoms with E-state index in [9.17, 15) is 8.42 Å². The zero-order chi connectivity index (χ0) is 15.6. The molecule has 0 amide bonds. The molecule has 0 heterocycles. The van der Waals surface area contributed by atoms with E-state index in [-0.39, 0.29) is 10.6 Å². The van der Waals surface area contributed by atoms with Crippen LogP contribution in [0.2, 0.25) is 0 Å². The highest BCUT2D eigenvalue weighted by Crippen LogP contribution is 2.28. The number of halogens is 1. The number of nitrogens with zero attached hydrogens (tertiary/aromatic N) is 2. The van der Waals surface area contributed by atoms with Crippen molar-refractivity contribution in [2.45, 2.75) is 4.90 Å². The topological polar surface area (TPSA) is 87.2 Å². The first-order valence-electron chi connectivity index (χ1n) is 5.90. The van der Waals surface area contributed by atoms with Gasteiger partial charge in [0.1, 0.15) is 4.90 Å². The second-order valence-electron chi connectivity index (χ2n) is 4.31. The summed E-state index contributed by atoms with van der Waals surface area (Å²) in [5, 5.41) is 8.77. The highest BCUT2D eigenvalue weighted by molar-refractivity contribution is 9.10. The summed E-state index contributed by atoms with van der Waals surface area (Å²) in [7, 11) is -2.33. The minimum Gasteiger partial charge on any atom is -0.398 e. The van der Waals surface area contributed by atoms with Gasteiger partial charge in [-0.3, -0.25) is 4.31 Å². The smallest absolute Gasteiger partial charge is 0.266 e. The van der Waals surface area contributed by atoms with Crippen LogP contribution in [0.4, 0.5) is 11.4 Å². The molecule has 2 aromatic carbocycles. The zero-order valence-electron chi connectivity index (χ0n) is 11.1. The van der Waals surface area contributed by atoms with Crippen molar-refractivity contribution in [1.82, 2.24) is 0 Å². The van der Waals surface area contributed by atoms with Gasteiger partial charge < -0.3 is 5.73 Å². The van der Waals surface area contributed by atoms with Crippen LogP contribution in [0.1, 0.15) is 5.56 Å². The summed E-state index contributed by atoms with van der Waals surface area (Å²) in [5.74, 6) is 0. The Bertz CT molecular complexity index is 811. The molecule has 0 aliphatic heterocycles. The first kappa shape index (κ1) is 15.4. The van der Waals surface area contributed by atoms with E-state index in [0.29, 0.717) is 15.7 Å². The van der Waals surface area contributed by atoms with E-state index >= 15 is 0 Å². The van der Waals surface area contributed by atoms with Crippen molar-refractivity contribution in [3.8, 4) is 6.07 Å². The molecule has 0 radical (unpaired) electrons. The molecular weight excluding hydrogens is 354 g/mol. The molecule has 2 N–H and O–H groups in total. The maximum atomic E-state index is 12.6. The molecule has 2 rings (SSSR count). The first-order valence-corrected chi connectivity index (χ1v) is 8.13. The molecule has 5 nitrogen and oxygen atoms in total. The number of benzene rings is 2. The van der Waals surface area contributed by atoms with Crippen LogP contribution in [0.15, 0.2) is 51.8 Å². The molecule has 0 saturated heterocycles. The highest BCUT2D eigenvalue weighted by atomic mass is 79.9. The van der Waals surface area contributed by atoms with E-state index < -0.39 is 10.0 Å². The predicted molar refractivity (Wildman–Crippen MR) is 85.3 cm³/mol. The molecule has 7 heteroatoms. The van der Waals surface area contributed by atoms with Crippen molar-refractivity contribution in [2.24, 2.45) is 0 Å². The average molecular weight is 366 g/mol. The van der Waals surface area contributed by atoms with Crippen molar-refractivity contribution >= 4 is 37.3 Å². The van der Waals surface area contributed by atoms with Crippen molar-refractivity contribution in [3.05, 3.63) is 52.5 Å². The molecular formula is C14H12BrN3O2S. The molecule has 0 fully saturated rings. The van der Waals surface area contributed by atoms with E-state index in [1.54, 1.807) is 30.3 Å². The van der Waals surface area contributed by atoms with Gasteiger partial charge in [0.15, 0.2) is 0 Å². The number of sulfonamides is 1. The third kappa shape index (κ3) is 3.01. The van der Waals surface area contributed by atoms with Crippen LogP contribution in [-0.2, 0) is 10.0 Å². The molecule has 0 aromatic heterocycles. The van der Waals surface area contributed by atoms with Gasteiger partial charge in [-0.05, 0) is 42.5 Å². The minimum absolute atomic E-state index is 0.0312. The van der Waals surface area contributed by atoms with Gasteiger partial charge in [-0.1, -0.05) is 15.9 Å². The van der Waals surface area contributed by atoms with Gasteiger partial charge in [-0.15, -0.1) is 0 Å². The second kappa shape index (κ2) is 5.76. The lowest BCUT2D eigenvalue weighted by atomic mass is 10.2. The van der Waals surface area contributed by atoms with Crippen molar-refractivity contribution < 1.29 is 8.42 Å². The van der Waals surface area contributed by atoms with Crippen LogP contribution in [0.25, 0.3) is 0 Å². The molecule has 2 aromatic rings. The van der Waals surface area contributed by atoms with Gasteiger partial charge in [0, 0.05) is 11.5 Å². The largest absolute Gasteiger partial charge is 0.398 e. The number of nitrogens with two attached hydrogens (primary N) is 1. The third-order valence-electron chi connectivity index (χ3n) is 2.97. The summed E-state index contributed by atoms with van der Waals surface area (Å²) in [5.41, 5.74) is 6.86. The van der Waals surface area contributed by atoms with Gasteiger partial charge in [0.25, 0.3) is 10.0 Å². The van der Waals surface area contributed by atoms with Gasteiger partial charge >= 0.3 is 0 Å². The number of nitriles is 1. The number of anilines is 2. The molecule has 0 atom stereocenters. The lowest BCUT2D eigenvalue weighted by Gasteiger charge is -2.20. The number of rotatable bonds is 3. The lowest BCUT2D eigenvalue weighted by molar-refractivity contribution is 0.594. The van der Waals surface area contributed by atoms with Crippen LogP contribution in [0, 0.1) is 11.3 Å². The Morgan fingerprint density at radius 1 is 1.19 bits per heavy atom. The van der Waals surface area contributed by atoms with Crippen LogP contribution in [0.3, 0.4) is 0 Å². The molecule has 0 spiro atoms. The van der Waals surface area contributed by atoms with E-state index in [4.69, 9.17) is 11.0 Å². The number of hydrogen-bond acceptors (Lipinski definition) is 4. The SMILES string of the molecule is CN(c1ccc(C#N)cc1)S(=O)(=O)c1cc(Br)ccc1N. The summed E-state index contributed by atoms with van der Waals surface area (Å²) < 4.78 is 27.0. The van der Waals surface area contributed by atoms with Gasteiger partial charge in [-0.25, -0.2) is 8.42 Å². The minimum atomic E-state index is -3.77. The standard InChI is InChI=1S/C14H12BrN3O2S/c1-18(12-5-2-10(9-16)3-6-12)21(19,20)14-8-11(15)4-7-13(14)17/h2-8H,17H2,1H3. The Morgan fingerprint density at radius 3 is 2.38 bits per heavy atom. The normalized spacial score (nSPS) is 10.9. The zero-order valence-corrected chi connectivity index (χ0v) is 13.5. The van der Waals surface area contributed by atoms with E-state index in [2.05, 4.69) is 15.9 Å². The first-order chi connectivity index (χ1) is 9.86. The molecule has 0 unspecified atom stereocenters. The van der Waals surface area contributed by atoms with Crippen LogP contribution in [0.5, 0.6) is 0 Å². The highest BCUT2D eigenvalue weighted by Gasteiger charge is 2.24. The fourth-order valence-electron chi connectivity index (χ4n) is 1.76. The van der Waals surface area contributed by atoms with Gasteiger partial charge in [0.05, 0.1) is 23.0 Å². The Labute approximate surface area is 131 Å². The Morgan fingerprint density at radius 2 is 1.81 bits per heavy atom. The van der Waals surface area contributed by atoms with E-state index in [1.807, 2.05) is 6.07 Å². The summed E-state index contributed by atoms with van der Waals surface area (Å²) in [6, 6.07) is 12.9. The fraction of sp³-hybridized carbons (Fsp3) is 0.0714.